The van der Waals surface area contributed by atoms with Gasteiger partial charge in [0.15, 0.2) is 17.5 Å². The largest absolute Gasteiger partial charge is 0.347 e. The zero-order chi connectivity index (χ0) is 14.6. The van der Waals surface area contributed by atoms with Crippen molar-refractivity contribution in [1.82, 2.24) is 5.32 Å². The Hall–Kier alpha value is -1.23. The van der Waals surface area contributed by atoms with Gasteiger partial charge in [-0.05, 0) is 31.9 Å². The van der Waals surface area contributed by atoms with Crippen LogP contribution in [0, 0.1) is 17.5 Å². The second kappa shape index (κ2) is 6.28. The zero-order valence-electron chi connectivity index (χ0n) is 10.7. The predicted octanol–water partition coefficient (Wildman–Crippen LogP) is 3.63. The van der Waals surface area contributed by atoms with E-state index in [9.17, 15) is 18.0 Å². The number of hydrogen-bond acceptors (Lipinski definition) is 1. The zero-order valence-corrected chi connectivity index (χ0v) is 11.5. The van der Waals surface area contributed by atoms with E-state index in [0.29, 0.717) is 18.7 Å². The second-order valence-electron chi connectivity index (χ2n) is 4.53. The lowest BCUT2D eigenvalue weighted by Gasteiger charge is -2.29. The maximum Gasteiger partial charge on any atom is 0.254 e. The van der Waals surface area contributed by atoms with Crippen LogP contribution in [0.3, 0.4) is 0 Å². The van der Waals surface area contributed by atoms with Gasteiger partial charge in [0.25, 0.3) is 5.91 Å². The second-order valence-corrected chi connectivity index (χ2v) is 4.91. The van der Waals surface area contributed by atoms with Crippen LogP contribution in [-0.4, -0.2) is 17.3 Å². The van der Waals surface area contributed by atoms with Crippen molar-refractivity contribution in [3.05, 3.63) is 35.1 Å². The van der Waals surface area contributed by atoms with Gasteiger partial charge in [-0.2, -0.15) is 0 Å². The molecule has 0 aliphatic carbocycles. The molecule has 1 unspecified atom stereocenters. The first kappa shape index (κ1) is 15.8. The number of carbonyl (C=O) groups is 1. The van der Waals surface area contributed by atoms with E-state index in [2.05, 4.69) is 5.32 Å². The highest BCUT2D eigenvalue weighted by molar-refractivity contribution is 6.17. The van der Waals surface area contributed by atoms with Crippen molar-refractivity contribution in [1.29, 1.82) is 0 Å². The lowest BCUT2D eigenvalue weighted by atomic mass is 9.95. The number of rotatable bonds is 5. The topological polar surface area (TPSA) is 29.1 Å². The number of nitrogens with one attached hydrogen (secondary N) is 1. The molecule has 0 spiro atoms. The minimum Gasteiger partial charge on any atom is -0.347 e. The molecule has 0 aliphatic heterocycles. The van der Waals surface area contributed by atoms with E-state index in [1.54, 1.807) is 6.92 Å². The number of carbonyl (C=O) groups excluding carboxylic acids is 1. The van der Waals surface area contributed by atoms with Gasteiger partial charge < -0.3 is 5.32 Å². The molecule has 19 heavy (non-hydrogen) atoms. The molecular formula is C13H15ClF3NO. The van der Waals surface area contributed by atoms with E-state index < -0.39 is 34.5 Å². The Kier molecular flexibility index (Phi) is 5.23. The first-order chi connectivity index (χ1) is 8.84. The van der Waals surface area contributed by atoms with Gasteiger partial charge in [-0.1, -0.05) is 6.92 Å². The normalized spacial score (nSPS) is 14.0. The Morgan fingerprint density at radius 2 is 1.95 bits per heavy atom. The Morgan fingerprint density at radius 3 is 2.47 bits per heavy atom. The lowest BCUT2D eigenvalue weighted by molar-refractivity contribution is 0.0896. The SMILES string of the molecule is CCC(C)(CCCl)NC(=O)c1ccc(F)c(F)c1F. The molecule has 1 N–H and O–H groups in total. The molecule has 1 aromatic carbocycles. The summed E-state index contributed by atoms with van der Waals surface area (Å²) in [6, 6.07) is 1.64. The molecule has 0 aromatic heterocycles. The van der Waals surface area contributed by atoms with Gasteiger partial charge in [-0.25, -0.2) is 13.2 Å². The predicted molar refractivity (Wildman–Crippen MR) is 67.8 cm³/mol. The summed E-state index contributed by atoms with van der Waals surface area (Å²) in [6.45, 7) is 3.60. The molecule has 0 radical (unpaired) electrons. The Bertz CT molecular complexity index is 481. The van der Waals surface area contributed by atoms with Crippen molar-refractivity contribution in [3.63, 3.8) is 0 Å². The summed E-state index contributed by atoms with van der Waals surface area (Å²) in [7, 11) is 0. The fourth-order valence-electron chi connectivity index (χ4n) is 1.58. The van der Waals surface area contributed by atoms with Crippen LogP contribution in [0.15, 0.2) is 12.1 Å². The average Bonchev–Trinajstić information content (AvgIpc) is 2.36. The average molecular weight is 294 g/mol. The van der Waals surface area contributed by atoms with E-state index in [1.165, 1.54) is 0 Å². The molecule has 0 saturated carbocycles. The molecule has 106 valence electrons. The third-order valence-corrected chi connectivity index (χ3v) is 3.31. The van der Waals surface area contributed by atoms with Gasteiger partial charge in [0.1, 0.15) is 0 Å². The first-order valence-electron chi connectivity index (χ1n) is 5.86. The molecule has 0 saturated heterocycles. The van der Waals surface area contributed by atoms with E-state index in [0.717, 1.165) is 12.1 Å². The number of hydrogen-bond donors (Lipinski definition) is 1. The molecule has 2 nitrogen and oxygen atoms in total. The summed E-state index contributed by atoms with van der Waals surface area (Å²) in [5.74, 6) is -4.92. The summed E-state index contributed by atoms with van der Waals surface area (Å²) in [6.07, 6.45) is 1.07. The molecule has 1 rings (SSSR count). The number of amides is 1. The monoisotopic (exact) mass is 293 g/mol. The fourth-order valence-corrected chi connectivity index (χ4v) is 2.00. The van der Waals surface area contributed by atoms with Crippen LogP contribution >= 0.6 is 11.6 Å². The summed E-state index contributed by atoms with van der Waals surface area (Å²) >= 11 is 5.64. The third-order valence-electron chi connectivity index (χ3n) is 3.12. The fraction of sp³-hybridized carbons (Fsp3) is 0.462. The maximum absolute atomic E-state index is 13.5. The summed E-state index contributed by atoms with van der Waals surface area (Å²) < 4.78 is 39.3. The van der Waals surface area contributed by atoms with Crippen LogP contribution in [0.5, 0.6) is 0 Å². The van der Waals surface area contributed by atoms with Gasteiger partial charge in [-0.15, -0.1) is 11.6 Å². The van der Waals surface area contributed by atoms with Crippen LogP contribution in [0.2, 0.25) is 0 Å². The quantitative estimate of drug-likeness (QED) is 0.652. The molecular weight excluding hydrogens is 279 g/mol. The summed E-state index contributed by atoms with van der Waals surface area (Å²) in [5, 5.41) is 2.60. The van der Waals surface area contributed by atoms with Crippen LogP contribution in [0.25, 0.3) is 0 Å². The van der Waals surface area contributed by atoms with E-state index >= 15 is 0 Å². The lowest BCUT2D eigenvalue weighted by Crippen LogP contribution is -2.46. The highest BCUT2D eigenvalue weighted by Crippen LogP contribution is 2.19. The van der Waals surface area contributed by atoms with Crippen molar-refractivity contribution in [2.24, 2.45) is 0 Å². The van der Waals surface area contributed by atoms with Gasteiger partial charge in [-0.3, -0.25) is 4.79 Å². The molecule has 1 aromatic rings. The Morgan fingerprint density at radius 1 is 1.32 bits per heavy atom. The first-order valence-corrected chi connectivity index (χ1v) is 6.40. The van der Waals surface area contributed by atoms with E-state index in [4.69, 9.17) is 11.6 Å². The maximum atomic E-state index is 13.5. The Balaban J connectivity index is 2.99. The van der Waals surface area contributed by atoms with Gasteiger partial charge >= 0.3 is 0 Å². The molecule has 1 atom stereocenters. The number of benzene rings is 1. The third kappa shape index (κ3) is 3.62. The Labute approximate surface area is 114 Å². The summed E-state index contributed by atoms with van der Waals surface area (Å²) in [4.78, 5) is 11.9. The van der Waals surface area contributed by atoms with Crippen LogP contribution in [-0.2, 0) is 0 Å². The summed E-state index contributed by atoms with van der Waals surface area (Å²) in [5.41, 5.74) is -1.14. The van der Waals surface area contributed by atoms with Crippen LogP contribution in [0.4, 0.5) is 13.2 Å². The number of alkyl halides is 1. The number of halogens is 4. The van der Waals surface area contributed by atoms with Crippen molar-refractivity contribution in [2.45, 2.75) is 32.2 Å². The smallest absolute Gasteiger partial charge is 0.254 e. The van der Waals surface area contributed by atoms with Gasteiger partial charge in [0.2, 0.25) is 0 Å². The molecule has 0 fully saturated rings. The van der Waals surface area contributed by atoms with Gasteiger partial charge in [0.05, 0.1) is 5.56 Å². The van der Waals surface area contributed by atoms with Crippen molar-refractivity contribution in [2.75, 3.05) is 5.88 Å². The van der Waals surface area contributed by atoms with Crippen LogP contribution in [0.1, 0.15) is 37.0 Å². The van der Waals surface area contributed by atoms with Crippen molar-refractivity contribution < 1.29 is 18.0 Å². The van der Waals surface area contributed by atoms with E-state index in [-0.39, 0.29) is 0 Å². The van der Waals surface area contributed by atoms with Crippen LogP contribution < -0.4 is 5.32 Å². The highest BCUT2D eigenvalue weighted by atomic mass is 35.5. The minimum absolute atomic E-state index is 0.324. The standard InChI is InChI=1S/C13H15ClF3NO/c1-3-13(2,6-7-14)18-12(19)8-4-5-9(15)11(17)10(8)16/h4-5H,3,6-7H2,1-2H3,(H,18,19). The highest BCUT2D eigenvalue weighted by Gasteiger charge is 2.26. The molecule has 0 bridgehead atoms. The molecule has 0 aliphatic rings. The minimum atomic E-state index is -1.65. The molecule has 1 amide bonds. The van der Waals surface area contributed by atoms with E-state index in [1.807, 2.05) is 6.92 Å². The van der Waals surface area contributed by atoms with Crippen molar-refractivity contribution in [3.8, 4) is 0 Å². The van der Waals surface area contributed by atoms with Gasteiger partial charge in [0, 0.05) is 11.4 Å². The molecule has 6 heteroatoms. The molecule has 0 heterocycles. The van der Waals surface area contributed by atoms with Crippen molar-refractivity contribution >= 4 is 17.5 Å².